The first kappa shape index (κ1) is 78.9. The van der Waals surface area contributed by atoms with Crippen molar-refractivity contribution in [2.75, 3.05) is 29.4 Å². The van der Waals surface area contributed by atoms with E-state index in [-0.39, 0.29) is 35.1 Å². The summed E-state index contributed by atoms with van der Waals surface area (Å²) in [6.07, 6.45) is 0. The number of hydrogen-bond acceptors (Lipinski definition) is 6. The van der Waals surface area contributed by atoms with Gasteiger partial charge in [-0.2, -0.15) is 0 Å². The highest BCUT2D eigenvalue weighted by Gasteiger charge is 2.50. The minimum absolute atomic E-state index is 0.0298. The Labute approximate surface area is 744 Å². The number of anilines is 18. The number of para-hydroxylation sites is 10. The smallest absolute Gasteiger partial charge is 0.252 e. The Morgan fingerprint density at radius 1 is 0.198 bits per heavy atom. The van der Waals surface area contributed by atoms with Gasteiger partial charge in [0.15, 0.2) is 0 Å². The van der Waals surface area contributed by atoms with Crippen molar-refractivity contribution in [2.45, 2.75) is 105 Å². The molecular formula is C118H102B2N6. The Balaban J connectivity index is 0.916. The topological polar surface area (TPSA) is 19.4 Å². The molecule has 0 unspecified atom stereocenters. The maximum atomic E-state index is 2.74. The van der Waals surface area contributed by atoms with Gasteiger partial charge in [-0.15, -0.1) is 0 Å². The third kappa shape index (κ3) is 13.7. The van der Waals surface area contributed by atoms with Gasteiger partial charge in [-0.05, 0) is 214 Å². The third-order valence-corrected chi connectivity index (χ3v) is 26.4. The second kappa shape index (κ2) is 30.9. The normalized spacial score (nSPS) is 13.1. The molecule has 126 heavy (non-hydrogen) atoms. The van der Waals surface area contributed by atoms with Crippen LogP contribution in [0.15, 0.2) is 400 Å². The lowest BCUT2D eigenvalue weighted by Crippen LogP contribution is -2.65. The average Bonchev–Trinajstić information content (AvgIpc) is 0.684. The zero-order valence-corrected chi connectivity index (χ0v) is 73.9. The highest BCUT2D eigenvalue weighted by Crippen LogP contribution is 2.57. The van der Waals surface area contributed by atoms with E-state index < -0.39 is 0 Å². The Bertz CT molecular complexity index is 6870. The van der Waals surface area contributed by atoms with Crippen molar-refractivity contribution in [1.29, 1.82) is 0 Å². The summed E-state index contributed by atoms with van der Waals surface area (Å²) in [6, 6.07) is 152. The molecule has 21 rings (SSSR count). The molecule has 0 amide bonds. The molecule has 0 saturated carbocycles. The van der Waals surface area contributed by atoms with E-state index in [1.54, 1.807) is 0 Å². The average molecular weight is 1630 g/mol. The van der Waals surface area contributed by atoms with E-state index in [0.29, 0.717) is 0 Å². The second-order valence-electron chi connectivity index (χ2n) is 38.5. The fourth-order valence-corrected chi connectivity index (χ4v) is 20.1. The summed E-state index contributed by atoms with van der Waals surface area (Å²) in [6.45, 7) is 27.1. The van der Waals surface area contributed by atoms with Crippen molar-refractivity contribution in [2.24, 2.45) is 0 Å². The number of benzene rings is 17. The molecule has 0 spiro atoms. The van der Waals surface area contributed by atoms with Crippen LogP contribution in [-0.2, 0) is 21.7 Å². The Morgan fingerprint density at radius 2 is 0.500 bits per heavy atom. The van der Waals surface area contributed by atoms with Gasteiger partial charge in [0.2, 0.25) is 0 Å². The van der Waals surface area contributed by atoms with Crippen molar-refractivity contribution < 1.29 is 0 Å². The highest BCUT2D eigenvalue weighted by molar-refractivity contribution is 7.03. The van der Waals surface area contributed by atoms with Gasteiger partial charge in [0.25, 0.3) is 13.4 Å². The van der Waals surface area contributed by atoms with E-state index in [2.05, 4.69) is 513 Å². The van der Waals surface area contributed by atoms with E-state index in [1.807, 2.05) is 0 Å². The quantitative estimate of drug-likeness (QED) is 0.100. The van der Waals surface area contributed by atoms with E-state index >= 15 is 0 Å². The predicted octanol–water partition coefficient (Wildman–Crippen LogP) is 28.6. The molecule has 610 valence electrons. The molecule has 17 aromatic carbocycles. The van der Waals surface area contributed by atoms with Crippen LogP contribution >= 0.6 is 0 Å². The van der Waals surface area contributed by atoms with E-state index in [9.17, 15) is 0 Å². The van der Waals surface area contributed by atoms with E-state index in [1.165, 1.54) is 55.0 Å². The van der Waals surface area contributed by atoms with Crippen LogP contribution in [0, 0.1) is 0 Å². The number of rotatable bonds is 14. The van der Waals surface area contributed by atoms with Gasteiger partial charge in [-0.1, -0.05) is 368 Å². The second-order valence-corrected chi connectivity index (χ2v) is 38.5. The molecule has 4 aliphatic heterocycles. The Morgan fingerprint density at radius 3 is 0.929 bits per heavy atom. The number of fused-ring (bicyclic) bond motifs is 8. The van der Waals surface area contributed by atoms with Crippen LogP contribution < -0.4 is 62.2 Å². The first-order valence-corrected chi connectivity index (χ1v) is 44.6. The monoisotopic (exact) mass is 1620 g/mol. The highest BCUT2D eigenvalue weighted by atomic mass is 15.2. The maximum absolute atomic E-state index is 2.74. The summed E-state index contributed by atoms with van der Waals surface area (Å²) in [5.41, 5.74) is 40.6. The Kier molecular flexibility index (Phi) is 19.3. The van der Waals surface area contributed by atoms with Crippen LogP contribution in [0.1, 0.15) is 105 Å². The van der Waals surface area contributed by atoms with Crippen LogP contribution in [0.5, 0.6) is 0 Å². The summed E-state index contributed by atoms with van der Waals surface area (Å²) < 4.78 is 0. The molecule has 0 radical (unpaired) electrons. The summed E-state index contributed by atoms with van der Waals surface area (Å²) in [4.78, 5) is 15.6. The molecule has 0 bridgehead atoms. The largest absolute Gasteiger partial charge is 0.311 e. The Hall–Kier alpha value is -14.3. The van der Waals surface area contributed by atoms with Gasteiger partial charge in [-0.25, -0.2) is 0 Å². The molecule has 6 nitrogen and oxygen atoms in total. The molecule has 0 fully saturated rings. The molecule has 8 heteroatoms. The lowest BCUT2D eigenvalue weighted by atomic mass is 9.30. The zero-order chi connectivity index (χ0) is 86.1. The molecule has 17 aromatic rings. The van der Waals surface area contributed by atoms with Crippen molar-refractivity contribution in [3.63, 3.8) is 0 Å². The fourth-order valence-electron chi connectivity index (χ4n) is 20.1. The predicted molar refractivity (Wildman–Crippen MR) is 540 cm³/mol. The van der Waals surface area contributed by atoms with Gasteiger partial charge in [0, 0.05) is 96.2 Å². The van der Waals surface area contributed by atoms with Crippen LogP contribution in [0.4, 0.5) is 102 Å². The molecule has 0 atom stereocenters. The van der Waals surface area contributed by atoms with Crippen molar-refractivity contribution >= 4 is 149 Å². The van der Waals surface area contributed by atoms with Crippen molar-refractivity contribution in [3.05, 3.63) is 423 Å². The molecular weight excluding hydrogens is 1520 g/mol. The van der Waals surface area contributed by atoms with Crippen LogP contribution in [0.25, 0.3) is 44.5 Å². The number of nitrogens with zero attached hydrogens (tertiary/aromatic N) is 6. The van der Waals surface area contributed by atoms with Gasteiger partial charge < -0.3 is 29.4 Å². The summed E-state index contributed by atoms with van der Waals surface area (Å²) >= 11 is 0. The minimum Gasteiger partial charge on any atom is -0.311 e. The summed E-state index contributed by atoms with van der Waals surface area (Å²) in [7, 11) is 0. The fraction of sp³-hybridized carbons (Fsp3) is 0.136. The summed E-state index contributed by atoms with van der Waals surface area (Å²) in [5, 5.41) is 0. The van der Waals surface area contributed by atoms with Gasteiger partial charge in [0.05, 0.1) is 28.4 Å². The standard InChI is InChI=1S/C118H102B2N6/c1-115(2,3)83-65-57-79(58-66-83)94-47-28-32-53-102(94)122(89-41-22-15-23-42-89)93-75-109-112-110(76-93)125(103-54-33-29-48-95(103)80-59-67-84(68-60-80)116(4,5)6)105-56-35-31-52-99(105)120(112)100-77-101-107(78-106(100)124(109)91-45-26-17-27-46-91)126(114-96(81-61-69-85(70-62-81)117(7,8)9)49-36-50-97(114)82-63-71-86(72-64-82)118(10,11)12)111-74-92(121(87-37-18-13-19-38-87)88-39-20-14-21-40-88)73-108-113(111)119(101)98-51-30-34-55-104(98)123(108)90-43-24-16-25-44-90/h13-78H,1-12H3. The summed E-state index contributed by atoms with van der Waals surface area (Å²) in [5.74, 6) is 0. The van der Waals surface area contributed by atoms with Crippen molar-refractivity contribution in [3.8, 4) is 44.5 Å². The number of hydrogen-bond donors (Lipinski definition) is 0. The molecule has 0 aromatic heterocycles. The van der Waals surface area contributed by atoms with Gasteiger partial charge in [0.1, 0.15) is 0 Å². The lowest BCUT2D eigenvalue weighted by Gasteiger charge is -2.48. The SMILES string of the molecule is CC(C)(C)c1ccc(-c2ccccc2N(c2ccccc2)c2cc3c4c(c2)N(c2ccccc2-c2ccc(C(C)(C)C)cc2)c2ccccc2B4c2cc4c(cc2N3c2ccccc2)N(c2c(-c3ccc(C(C)(C)C)cc3)cccc2-c2ccc(C(C)(C)C)cc2)c2cc(N(c3ccccc3)c3ccccc3)cc3c2B4c2ccccc2N3c2ccccc2)cc1. The van der Waals surface area contributed by atoms with Crippen LogP contribution in [0.2, 0.25) is 0 Å². The maximum Gasteiger partial charge on any atom is 0.252 e. The third-order valence-electron chi connectivity index (χ3n) is 26.4. The molecule has 4 heterocycles. The van der Waals surface area contributed by atoms with Gasteiger partial charge >= 0.3 is 0 Å². The minimum atomic E-state index is -0.305. The van der Waals surface area contributed by atoms with Crippen LogP contribution in [0.3, 0.4) is 0 Å². The zero-order valence-electron chi connectivity index (χ0n) is 73.9. The molecule has 0 N–H and O–H groups in total. The molecule has 4 aliphatic rings. The molecule has 0 aliphatic carbocycles. The van der Waals surface area contributed by atoms with Crippen molar-refractivity contribution in [1.82, 2.24) is 0 Å². The first-order chi connectivity index (χ1) is 61.1. The van der Waals surface area contributed by atoms with Crippen LogP contribution in [-0.4, -0.2) is 13.4 Å². The molecule has 0 saturated heterocycles. The van der Waals surface area contributed by atoms with E-state index in [0.717, 1.165) is 147 Å². The first-order valence-electron chi connectivity index (χ1n) is 44.6. The lowest BCUT2D eigenvalue weighted by molar-refractivity contribution is 0.590. The van der Waals surface area contributed by atoms with Gasteiger partial charge in [-0.3, -0.25) is 0 Å². The van der Waals surface area contributed by atoms with E-state index in [4.69, 9.17) is 0 Å².